The first-order valence-electron chi connectivity index (χ1n) is 6.21. The Morgan fingerprint density at radius 3 is 2.38 bits per heavy atom. The van der Waals surface area contributed by atoms with Gasteiger partial charge in [-0.05, 0) is 31.5 Å². The van der Waals surface area contributed by atoms with Crippen molar-refractivity contribution in [2.45, 2.75) is 37.8 Å². The number of rotatable bonds is 1. The molecular formula is C11H22N4S. The zero-order valence-electron chi connectivity index (χ0n) is 9.77. The number of hydrogen-bond acceptors (Lipinski definition) is 3. The predicted molar refractivity (Wildman–Crippen MR) is 70.2 cm³/mol. The molecule has 1 saturated carbocycles. The van der Waals surface area contributed by atoms with Gasteiger partial charge in [-0.15, -0.1) is 0 Å². The first kappa shape index (κ1) is 12.1. The fraction of sp³-hybridized carbons (Fsp3) is 0.909. The van der Waals surface area contributed by atoms with Crippen molar-refractivity contribution in [3.63, 3.8) is 0 Å². The standard InChI is InChI=1S/C11H22N4S/c12-9-2-1-3-10(8-9)14-4-6-15(7-5-14)11(13)16/h9-10H,1-8,12H2,(H2,13,16). The zero-order chi connectivity index (χ0) is 11.5. The number of nitrogens with two attached hydrogens (primary N) is 2. The van der Waals surface area contributed by atoms with E-state index < -0.39 is 0 Å². The van der Waals surface area contributed by atoms with E-state index in [9.17, 15) is 0 Å². The van der Waals surface area contributed by atoms with Crippen LogP contribution in [0.4, 0.5) is 0 Å². The Kier molecular flexibility index (Phi) is 4.00. The molecule has 2 rings (SSSR count). The summed E-state index contributed by atoms with van der Waals surface area (Å²) in [6.45, 7) is 4.10. The maximum absolute atomic E-state index is 6.03. The smallest absolute Gasteiger partial charge is 0.166 e. The van der Waals surface area contributed by atoms with E-state index in [-0.39, 0.29) is 0 Å². The van der Waals surface area contributed by atoms with Gasteiger partial charge in [0.2, 0.25) is 0 Å². The van der Waals surface area contributed by atoms with Gasteiger partial charge in [0.05, 0.1) is 0 Å². The third kappa shape index (κ3) is 2.84. The lowest BCUT2D eigenvalue weighted by molar-refractivity contribution is 0.102. The molecule has 0 aromatic carbocycles. The van der Waals surface area contributed by atoms with E-state index in [2.05, 4.69) is 9.80 Å². The van der Waals surface area contributed by atoms with Crippen LogP contribution in [-0.4, -0.2) is 53.2 Å². The molecule has 1 saturated heterocycles. The molecule has 4 nitrogen and oxygen atoms in total. The van der Waals surface area contributed by atoms with Crippen LogP contribution in [0.15, 0.2) is 0 Å². The lowest BCUT2D eigenvalue weighted by Crippen LogP contribution is -2.54. The highest BCUT2D eigenvalue weighted by atomic mass is 32.1. The van der Waals surface area contributed by atoms with Crippen molar-refractivity contribution in [3.8, 4) is 0 Å². The highest BCUT2D eigenvalue weighted by Gasteiger charge is 2.27. The molecule has 2 unspecified atom stereocenters. The Morgan fingerprint density at radius 1 is 1.12 bits per heavy atom. The maximum atomic E-state index is 6.03. The average molecular weight is 242 g/mol. The first-order chi connectivity index (χ1) is 7.66. The minimum Gasteiger partial charge on any atom is -0.376 e. The van der Waals surface area contributed by atoms with E-state index >= 15 is 0 Å². The molecule has 92 valence electrons. The molecule has 0 aromatic rings. The summed E-state index contributed by atoms with van der Waals surface area (Å²) < 4.78 is 0. The van der Waals surface area contributed by atoms with Gasteiger partial charge < -0.3 is 16.4 Å². The summed E-state index contributed by atoms with van der Waals surface area (Å²) in [5.41, 5.74) is 11.7. The topological polar surface area (TPSA) is 58.5 Å². The Hall–Kier alpha value is -0.390. The van der Waals surface area contributed by atoms with Crippen molar-refractivity contribution < 1.29 is 0 Å². The summed E-state index contributed by atoms with van der Waals surface area (Å²) in [4.78, 5) is 4.66. The molecule has 5 heteroatoms. The van der Waals surface area contributed by atoms with Crippen LogP contribution in [0.2, 0.25) is 0 Å². The quantitative estimate of drug-likeness (QED) is 0.640. The van der Waals surface area contributed by atoms with E-state index in [0.29, 0.717) is 17.2 Å². The van der Waals surface area contributed by atoms with Gasteiger partial charge in [-0.25, -0.2) is 0 Å². The summed E-state index contributed by atoms with van der Waals surface area (Å²) in [6.07, 6.45) is 4.94. The number of hydrogen-bond donors (Lipinski definition) is 2. The van der Waals surface area contributed by atoms with Crippen LogP contribution in [0.25, 0.3) is 0 Å². The summed E-state index contributed by atoms with van der Waals surface area (Å²) in [6, 6.07) is 1.10. The molecule has 0 aromatic heterocycles. The van der Waals surface area contributed by atoms with Crippen molar-refractivity contribution in [3.05, 3.63) is 0 Å². The lowest BCUT2D eigenvalue weighted by atomic mass is 9.90. The van der Waals surface area contributed by atoms with Gasteiger partial charge in [-0.2, -0.15) is 0 Å². The Labute approximate surface area is 103 Å². The average Bonchev–Trinajstić information content (AvgIpc) is 2.29. The van der Waals surface area contributed by atoms with E-state index in [1.807, 2.05) is 0 Å². The highest BCUT2D eigenvalue weighted by molar-refractivity contribution is 7.80. The first-order valence-corrected chi connectivity index (χ1v) is 6.61. The predicted octanol–water partition coefficient (Wildman–Crippen LogP) is 0.118. The second-order valence-corrected chi connectivity index (χ2v) is 5.36. The van der Waals surface area contributed by atoms with Gasteiger partial charge in [0.25, 0.3) is 0 Å². The maximum Gasteiger partial charge on any atom is 0.166 e. The van der Waals surface area contributed by atoms with Gasteiger partial charge in [-0.1, -0.05) is 6.42 Å². The van der Waals surface area contributed by atoms with Crippen LogP contribution in [0.3, 0.4) is 0 Å². The zero-order valence-corrected chi connectivity index (χ0v) is 10.6. The normalized spacial score (nSPS) is 32.7. The van der Waals surface area contributed by atoms with Crippen molar-refractivity contribution in [2.24, 2.45) is 11.5 Å². The van der Waals surface area contributed by atoms with Crippen LogP contribution in [-0.2, 0) is 0 Å². The number of nitrogens with zero attached hydrogens (tertiary/aromatic N) is 2. The second kappa shape index (κ2) is 5.29. The van der Waals surface area contributed by atoms with E-state index in [1.165, 1.54) is 19.3 Å². The minimum atomic E-state index is 0.410. The Bertz CT molecular complexity index is 250. The molecule has 0 spiro atoms. The van der Waals surface area contributed by atoms with E-state index in [1.54, 1.807) is 0 Å². The van der Waals surface area contributed by atoms with Crippen LogP contribution in [0, 0.1) is 0 Å². The molecule has 0 amide bonds. The summed E-state index contributed by atoms with van der Waals surface area (Å²) in [5.74, 6) is 0. The molecular weight excluding hydrogens is 220 g/mol. The van der Waals surface area contributed by atoms with Gasteiger partial charge in [0.1, 0.15) is 0 Å². The van der Waals surface area contributed by atoms with Gasteiger partial charge in [0.15, 0.2) is 5.11 Å². The molecule has 1 heterocycles. The van der Waals surface area contributed by atoms with Crippen LogP contribution < -0.4 is 11.5 Å². The van der Waals surface area contributed by atoms with Crippen molar-refractivity contribution in [1.82, 2.24) is 9.80 Å². The van der Waals surface area contributed by atoms with Crippen LogP contribution in [0.1, 0.15) is 25.7 Å². The molecule has 4 N–H and O–H groups in total. The number of piperazine rings is 1. The summed E-state index contributed by atoms with van der Waals surface area (Å²) >= 11 is 4.99. The fourth-order valence-electron chi connectivity index (χ4n) is 2.84. The second-order valence-electron chi connectivity index (χ2n) is 4.94. The largest absolute Gasteiger partial charge is 0.376 e. The summed E-state index contributed by atoms with van der Waals surface area (Å²) in [7, 11) is 0. The van der Waals surface area contributed by atoms with Gasteiger partial charge in [0, 0.05) is 38.3 Å². The van der Waals surface area contributed by atoms with Crippen LogP contribution in [0.5, 0.6) is 0 Å². The molecule has 0 radical (unpaired) electrons. The third-order valence-electron chi connectivity index (χ3n) is 3.83. The minimum absolute atomic E-state index is 0.410. The third-order valence-corrected chi connectivity index (χ3v) is 4.09. The monoisotopic (exact) mass is 242 g/mol. The van der Waals surface area contributed by atoms with Crippen LogP contribution >= 0.6 is 12.2 Å². The Morgan fingerprint density at radius 2 is 1.81 bits per heavy atom. The van der Waals surface area contributed by atoms with Crippen molar-refractivity contribution >= 4 is 17.3 Å². The molecule has 2 fully saturated rings. The fourth-order valence-corrected chi connectivity index (χ4v) is 3.02. The van der Waals surface area contributed by atoms with E-state index in [4.69, 9.17) is 23.7 Å². The van der Waals surface area contributed by atoms with Gasteiger partial charge in [-0.3, -0.25) is 4.90 Å². The number of thiocarbonyl (C=S) groups is 1. The van der Waals surface area contributed by atoms with Crippen molar-refractivity contribution in [2.75, 3.05) is 26.2 Å². The van der Waals surface area contributed by atoms with E-state index in [0.717, 1.165) is 32.6 Å². The molecule has 1 aliphatic carbocycles. The molecule has 16 heavy (non-hydrogen) atoms. The highest BCUT2D eigenvalue weighted by Crippen LogP contribution is 2.22. The van der Waals surface area contributed by atoms with Crippen molar-refractivity contribution in [1.29, 1.82) is 0 Å². The SMILES string of the molecule is NC(=S)N1CCN(C2CCCC(N)C2)CC1. The molecule has 1 aliphatic heterocycles. The summed E-state index contributed by atoms with van der Waals surface area (Å²) in [5, 5.41) is 0.542. The molecule has 0 bridgehead atoms. The molecule has 2 atom stereocenters. The lowest BCUT2D eigenvalue weighted by Gasteiger charge is -2.42. The Balaban J connectivity index is 1.81. The molecule has 2 aliphatic rings. The van der Waals surface area contributed by atoms with Gasteiger partial charge >= 0.3 is 0 Å².